The van der Waals surface area contributed by atoms with E-state index in [9.17, 15) is 0 Å². The molecule has 4 heteroatoms. The van der Waals surface area contributed by atoms with Crippen LogP contribution in [0.5, 0.6) is 0 Å². The van der Waals surface area contributed by atoms with Crippen LogP contribution in [0.15, 0.2) is 71.5 Å². The monoisotopic (exact) mass is 287 g/mol. The van der Waals surface area contributed by atoms with Crippen LogP contribution in [0, 0.1) is 0 Å². The van der Waals surface area contributed by atoms with Gasteiger partial charge in [-0.1, -0.05) is 47.6 Å². The van der Waals surface area contributed by atoms with Crippen molar-refractivity contribution < 1.29 is 4.52 Å². The fourth-order valence-corrected chi connectivity index (χ4v) is 2.72. The van der Waals surface area contributed by atoms with Crippen molar-refractivity contribution in [1.29, 1.82) is 0 Å². The minimum absolute atomic E-state index is 0.314. The Morgan fingerprint density at radius 3 is 2.50 bits per heavy atom. The summed E-state index contributed by atoms with van der Waals surface area (Å²) in [5.41, 5.74) is 9.51. The highest BCUT2D eigenvalue weighted by atomic mass is 16.5. The number of nitrogens with two attached hydrogens (primary N) is 1. The van der Waals surface area contributed by atoms with Gasteiger partial charge in [0.05, 0.1) is 5.56 Å². The van der Waals surface area contributed by atoms with Crippen molar-refractivity contribution in [3.63, 3.8) is 0 Å². The van der Waals surface area contributed by atoms with Gasteiger partial charge in [-0.25, -0.2) is 0 Å². The average molecular weight is 287 g/mol. The van der Waals surface area contributed by atoms with Gasteiger partial charge in [0, 0.05) is 18.0 Å². The van der Waals surface area contributed by atoms with Crippen LogP contribution in [0.1, 0.15) is 0 Å². The molecule has 0 aliphatic rings. The van der Waals surface area contributed by atoms with Gasteiger partial charge in [-0.15, -0.1) is 0 Å². The first-order chi connectivity index (χ1) is 10.8. The molecule has 0 atom stereocenters. The molecular formula is C18H13N3O. The minimum atomic E-state index is 0.314. The molecule has 4 nitrogen and oxygen atoms in total. The van der Waals surface area contributed by atoms with Gasteiger partial charge in [-0.05, 0) is 28.5 Å². The molecular weight excluding hydrogens is 274 g/mol. The zero-order chi connectivity index (χ0) is 14.9. The van der Waals surface area contributed by atoms with Crippen molar-refractivity contribution in [3.05, 3.63) is 67.0 Å². The Bertz CT molecular complexity index is 940. The maximum atomic E-state index is 6.01. The molecule has 2 heterocycles. The fraction of sp³-hybridized carbons (Fsp3) is 0. The SMILES string of the molecule is Nc1onc(-c2cccc3ccccc23)c1-c1ccncc1. The maximum absolute atomic E-state index is 6.01. The number of benzene rings is 2. The topological polar surface area (TPSA) is 64.9 Å². The Morgan fingerprint density at radius 1 is 0.864 bits per heavy atom. The van der Waals surface area contributed by atoms with Gasteiger partial charge >= 0.3 is 0 Å². The number of fused-ring (bicyclic) bond motifs is 1. The van der Waals surface area contributed by atoms with E-state index in [1.165, 1.54) is 0 Å². The smallest absolute Gasteiger partial charge is 0.230 e. The number of hydrogen-bond donors (Lipinski definition) is 1. The summed E-state index contributed by atoms with van der Waals surface area (Å²) in [5.74, 6) is 0.314. The molecule has 0 fully saturated rings. The van der Waals surface area contributed by atoms with Crippen molar-refractivity contribution >= 4 is 16.7 Å². The van der Waals surface area contributed by atoms with E-state index >= 15 is 0 Å². The largest absolute Gasteiger partial charge is 0.367 e. The molecule has 2 N–H and O–H groups in total. The lowest BCUT2D eigenvalue weighted by Crippen LogP contribution is -1.89. The summed E-state index contributed by atoms with van der Waals surface area (Å²) >= 11 is 0. The quantitative estimate of drug-likeness (QED) is 0.601. The van der Waals surface area contributed by atoms with Crippen LogP contribution < -0.4 is 5.73 Å². The number of pyridine rings is 1. The molecule has 106 valence electrons. The molecule has 0 saturated heterocycles. The molecule has 0 bridgehead atoms. The first-order valence-electron chi connectivity index (χ1n) is 6.98. The summed E-state index contributed by atoms with van der Waals surface area (Å²) in [6, 6.07) is 18.1. The van der Waals surface area contributed by atoms with E-state index in [0.29, 0.717) is 5.88 Å². The van der Waals surface area contributed by atoms with Crippen LogP contribution in [0.25, 0.3) is 33.2 Å². The summed E-state index contributed by atoms with van der Waals surface area (Å²) in [5, 5.41) is 6.47. The van der Waals surface area contributed by atoms with E-state index in [4.69, 9.17) is 10.3 Å². The fourth-order valence-electron chi connectivity index (χ4n) is 2.72. The first-order valence-corrected chi connectivity index (χ1v) is 6.98. The van der Waals surface area contributed by atoms with Crippen molar-refractivity contribution in [2.45, 2.75) is 0 Å². The highest BCUT2D eigenvalue weighted by Crippen LogP contribution is 2.38. The van der Waals surface area contributed by atoms with E-state index in [1.54, 1.807) is 12.4 Å². The highest BCUT2D eigenvalue weighted by molar-refractivity contribution is 6.00. The molecule has 0 saturated carbocycles. The molecule has 2 aromatic heterocycles. The van der Waals surface area contributed by atoms with E-state index in [0.717, 1.165) is 33.2 Å². The summed E-state index contributed by atoms with van der Waals surface area (Å²) < 4.78 is 5.26. The van der Waals surface area contributed by atoms with Crippen LogP contribution in [-0.4, -0.2) is 10.1 Å². The zero-order valence-corrected chi connectivity index (χ0v) is 11.7. The summed E-state index contributed by atoms with van der Waals surface area (Å²) in [7, 11) is 0. The lowest BCUT2D eigenvalue weighted by atomic mass is 9.97. The standard InChI is InChI=1S/C18H13N3O/c19-18-16(13-8-10-20-11-9-13)17(21-22-18)15-7-3-5-12-4-1-2-6-14(12)15/h1-11H,19H2. The first kappa shape index (κ1) is 12.6. The Hall–Kier alpha value is -3.14. The number of hydrogen-bond acceptors (Lipinski definition) is 4. The Kier molecular flexibility index (Phi) is 2.86. The predicted octanol–water partition coefficient (Wildman–Crippen LogP) is 4.14. The molecule has 4 aromatic rings. The average Bonchev–Trinajstić information content (AvgIpc) is 2.96. The van der Waals surface area contributed by atoms with E-state index in [1.807, 2.05) is 36.4 Å². The molecule has 4 rings (SSSR count). The Balaban J connectivity index is 2.01. The number of aromatic nitrogens is 2. The van der Waals surface area contributed by atoms with Crippen LogP contribution in [0.3, 0.4) is 0 Å². The van der Waals surface area contributed by atoms with Crippen molar-refractivity contribution in [2.75, 3.05) is 5.73 Å². The highest BCUT2D eigenvalue weighted by Gasteiger charge is 2.18. The molecule has 0 unspecified atom stereocenters. The normalized spacial score (nSPS) is 10.9. The number of rotatable bonds is 2. The summed E-state index contributed by atoms with van der Waals surface area (Å²) in [6.45, 7) is 0. The third-order valence-electron chi connectivity index (χ3n) is 3.73. The van der Waals surface area contributed by atoms with E-state index in [2.05, 4.69) is 28.3 Å². The van der Waals surface area contributed by atoms with Crippen molar-refractivity contribution in [1.82, 2.24) is 10.1 Å². The lowest BCUT2D eigenvalue weighted by molar-refractivity contribution is 0.439. The number of nitrogens with zero attached hydrogens (tertiary/aromatic N) is 2. The van der Waals surface area contributed by atoms with Gasteiger partial charge in [-0.3, -0.25) is 4.98 Å². The number of nitrogen functional groups attached to an aromatic ring is 1. The van der Waals surface area contributed by atoms with Gasteiger partial charge in [0.15, 0.2) is 0 Å². The lowest BCUT2D eigenvalue weighted by Gasteiger charge is -2.06. The van der Waals surface area contributed by atoms with Crippen molar-refractivity contribution in [3.8, 4) is 22.4 Å². The summed E-state index contributed by atoms with van der Waals surface area (Å²) in [6.07, 6.45) is 3.46. The molecule has 0 amide bonds. The van der Waals surface area contributed by atoms with Crippen LogP contribution in [0.2, 0.25) is 0 Å². The molecule has 2 aromatic carbocycles. The van der Waals surface area contributed by atoms with Crippen LogP contribution in [-0.2, 0) is 0 Å². The molecule has 0 spiro atoms. The second-order valence-electron chi connectivity index (χ2n) is 5.03. The summed E-state index contributed by atoms with van der Waals surface area (Å²) in [4.78, 5) is 4.05. The zero-order valence-electron chi connectivity index (χ0n) is 11.7. The third-order valence-corrected chi connectivity index (χ3v) is 3.73. The number of anilines is 1. The maximum Gasteiger partial charge on any atom is 0.230 e. The van der Waals surface area contributed by atoms with E-state index in [-0.39, 0.29) is 0 Å². The molecule has 0 radical (unpaired) electrons. The van der Waals surface area contributed by atoms with Gasteiger partial charge in [0.2, 0.25) is 5.88 Å². The Labute approximate surface area is 127 Å². The second kappa shape index (κ2) is 5.00. The van der Waals surface area contributed by atoms with E-state index < -0.39 is 0 Å². The van der Waals surface area contributed by atoms with Gasteiger partial charge < -0.3 is 10.3 Å². The third kappa shape index (κ3) is 1.93. The Morgan fingerprint density at radius 2 is 1.64 bits per heavy atom. The predicted molar refractivity (Wildman–Crippen MR) is 87.1 cm³/mol. The second-order valence-corrected chi connectivity index (χ2v) is 5.03. The van der Waals surface area contributed by atoms with Gasteiger partial charge in [-0.2, -0.15) is 0 Å². The molecule has 0 aliphatic carbocycles. The van der Waals surface area contributed by atoms with Crippen LogP contribution in [0.4, 0.5) is 5.88 Å². The van der Waals surface area contributed by atoms with Gasteiger partial charge in [0.25, 0.3) is 0 Å². The molecule has 22 heavy (non-hydrogen) atoms. The van der Waals surface area contributed by atoms with Crippen LogP contribution >= 0.6 is 0 Å². The van der Waals surface area contributed by atoms with Crippen molar-refractivity contribution in [2.24, 2.45) is 0 Å². The minimum Gasteiger partial charge on any atom is -0.367 e. The van der Waals surface area contributed by atoms with Gasteiger partial charge in [0.1, 0.15) is 5.69 Å². The molecule has 0 aliphatic heterocycles.